The lowest BCUT2D eigenvalue weighted by atomic mass is 9.94. The third-order valence-corrected chi connectivity index (χ3v) is 5.55. The van der Waals surface area contributed by atoms with Crippen LogP contribution in [0.5, 0.6) is 5.75 Å². The van der Waals surface area contributed by atoms with Crippen LogP contribution in [0.1, 0.15) is 37.7 Å². The zero-order chi connectivity index (χ0) is 17.6. The largest absolute Gasteiger partial charge is 0.497 e. The zero-order valence-corrected chi connectivity index (χ0v) is 15.2. The Morgan fingerprint density at radius 3 is 2.92 bits per heavy atom. The van der Waals surface area contributed by atoms with Gasteiger partial charge in [-0.15, -0.1) is 0 Å². The molecule has 25 heavy (non-hydrogen) atoms. The van der Waals surface area contributed by atoms with E-state index in [1.807, 2.05) is 29.2 Å². The van der Waals surface area contributed by atoms with E-state index >= 15 is 0 Å². The van der Waals surface area contributed by atoms with E-state index in [1.165, 1.54) is 0 Å². The number of amides is 1. The standard InChI is InChI=1S/C20H30N2O3/c1-24-17-7-2-5-15(11-17)13-22(14-18-8-4-10-25-18)20(23)19-9-3-6-16(19)12-21/h2,5,7,11,16,18-19H,3-4,6,8-10,12-14,21H2,1H3/t16-,18?,19-/m1/s1. The molecule has 1 saturated carbocycles. The van der Waals surface area contributed by atoms with Crippen LogP contribution in [-0.2, 0) is 16.1 Å². The van der Waals surface area contributed by atoms with Crippen molar-refractivity contribution in [2.24, 2.45) is 17.6 Å². The van der Waals surface area contributed by atoms with Gasteiger partial charge < -0.3 is 20.1 Å². The van der Waals surface area contributed by atoms with Crippen LogP contribution in [0.3, 0.4) is 0 Å². The van der Waals surface area contributed by atoms with E-state index in [0.29, 0.717) is 25.6 Å². The Labute approximate surface area is 150 Å². The van der Waals surface area contributed by atoms with Gasteiger partial charge in [-0.3, -0.25) is 4.79 Å². The molecule has 5 nitrogen and oxygen atoms in total. The molecule has 0 radical (unpaired) electrons. The predicted molar refractivity (Wildman–Crippen MR) is 97.3 cm³/mol. The smallest absolute Gasteiger partial charge is 0.226 e. The monoisotopic (exact) mass is 346 g/mol. The van der Waals surface area contributed by atoms with Crippen LogP contribution in [0.2, 0.25) is 0 Å². The van der Waals surface area contributed by atoms with Crippen LogP contribution in [0, 0.1) is 11.8 Å². The molecule has 1 unspecified atom stereocenters. The Kier molecular flexibility index (Phi) is 6.32. The molecule has 1 aliphatic carbocycles. The number of nitrogens with zero attached hydrogens (tertiary/aromatic N) is 1. The summed E-state index contributed by atoms with van der Waals surface area (Å²) in [7, 11) is 1.67. The molecule has 1 saturated heterocycles. The summed E-state index contributed by atoms with van der Waals surface area (Å²) >= 11 is 0. The van der Waals surface area contributed by atoms with Crippen LogP contribution >= 0.6 is 0 Å². The summed E-state index contributed by atoms with van der Waals surface area (Å²) in [6.07, 6.45) is 5.41. The molecule has 3 rings (SSSR count). The first kappa shape index (κ1) is 18.2. The maximum absolute atomic E-state index is 13.2. The van der Waals surface area contributed by atoms with Gasteiger partial charge in [-0.2, -0.15) is 0 Å². The van der Waals surface area contributed by atoms with E-state index in [1.54, 1.807) is 7.11 Å². The lowest BCUT2D eigenvalue weighted by Crippen LogP contribution is -2.42. The van der Waals surface area contributed by atoms with Gasteiger partial charge in [0.15, 0.2) is 0 Å². The summed E-state index contributed by atoms with van der Waals surface area (Å²) in [6.45, 7) is 2.68. The molecule has 138 valence electrons. The quantitative estimate of drug-likeness (QED) is 0.824. The van der Waals surface area contributed by atoms with Crippen molar-refractivity contribution >= 4 is 5.91 Å². The highest BCUT2D eigenvalue weighted by Gasteiger charge is 2.35. The molecule has 2 fully saturated rings. The lowest BCUT2D eigenvalue weighted by molar-refractivity contribution is -0.138. The maximum atomic E-state index is 13.2. The highest BCUT2D eigenvalue weighted by atomic mass is 16.5. The van der Waals surface area contributed by atoms with Crippen molar-refractivity contribution in [3.63, 3.8) is 0 Å². The molecule has 1 heterocycles. The molecule has 5 heteroatoms. The topological polar surface area (TPSA) is 64.8 Å². The minimum Gasteiger partial charge on any atom is -0.497 e. The number of nitrogens with two attached hydrogens (primary N) is 1. The molecule has 1 aromatic carbocycles. The van der Waals surface area contributed by atoms with E-state index in [9.17, 15) is 4.79 Å². The Bertz CT molecular complexity index is 572. The van der Waals surface area contributed by atoms with Gasteiger partial charge in [-0.25, -0.2) is 0 Å². The highest BCUT2D eigenvalue weighted by molar-refractivity contribution is 5.79. The molecular weight excluding hydrogens is 316 g/mol. The molecule has 1 aromatic rings. The molecule has 0 bridgehead atoms. The van der Waals surface area contributed by atoms with E-state index in [2.05, 4.69) is 0 Å². The van der Waals surface area contributed by atoms with Crippen LogP contribution in [0.15, 0.2) is 24.3 Å². The maximum Gasteiger partial charge on any atom is 0.226 e. The number of hydrogen-bond donors (Lipinski definition) is 1. The van der Waals surface area contributed by atoms with Gasteiger partial charge in [-0.05, 0) is 55.8 Å². The number of benzene rings is 1. The van der Waals surface area contributed by atoms with Crippen molar-refractivity contribution in [1.82, 2.24) is 4.90 Å². The van der Waals surface area contributed by atoms with Crippen LogP contribution in [0.4, 0.5) is 0 Å². The fraction of sp³-hybridized carbons (Fsp3) is 0.650. The van der Waals surface area contributed by atoms with E-state index in [-0.39, 0.29) is 17.9 Å². The molecule has 2 aliphatic rings. The van der Waals surface area contributed by atoms with Gasteiger partial charge in [0.25, 0.3) is 0 Å². The minimum absolute atomic E-state index is 0.0667. The first-order valence-electron chi connectivity index (χ1n) is 9.44. The highest BCUT2D eigenvalue weighted by Crippen LogP contribution is 2.33. The third-order valence-electron chi connectivity index (χ3n) is 5.55. The number of rotatable bonds is 7. The number of ether oxygens (including phenoxy) is 2. The molecule has 1 amide bonds. The van der Waals surface area contributed by atoms with Crippen molar-refractivity contribution in [2.45, 2.75) is 44.8 Å². The van der Waals surface area contributed by atoms with Crippen LogP contribution in [-0.4, -0.2) is 43.7 Å². The Morgan fingerprint density at radius 1 is 1.32 bits per heavy atom. The van der Waals surface area contributed by atoms with Crippen LogP contribution in [0.25, 0.3) is 0 Å². The van der Waals surface area contributed by atoms with Crippen molar-refractivity contribution < 1.29 is 14.3 Å². The van der Waals surface area contributed by atoms with E-state index in [4.69, 9.17) is 15.2 Å². The molecule has 0 spiro atoms. The number of carbonyl (C=O) groups excluding carboxylic acids is 1. The molecular formula is C20H30N2O3. The molecule has 0 aromatic heterocycles. The average Bonchev–Trinajstić information content (AvgIpc) is 3.32. The number of hydrogen-bond acceptors (Lipinski definition) is 4. The van der Waals surface area contributed by atoms with Gasteiger partial charge in [0.1, 0.15) is 5.75 Å². The zero-order valence-electron chi connectivity index (χ0n) is 15.2. The van der Waals surface area contributed by atoms with Crippen molar-refractivity contribution in [1.29, 1.82) is 0 Å². The molecule has 2 N–H and O–H groups in total. The van der Waals surface area contributed by atoms with Gasteiger partial charge in [0.2, 0.25) is 5.91 Å². The second-order valence-corrected chi connectivity index (χ2v) is 7.24. The third kappa shape index (κ3) is 4.53. The normalized spacial score (nSPS) is 25.9. The Balaban J connectivity index is 1.74. The second kappa shape index (κ2) is 8.68. The van der Waals surface area contributed by atoms with Crippen molar-refractivity contribution in [3.05, 3.63) is 29.8 Å². The van der Waals surface area contributed by atoms with E-state index < -0.39 is 0 Å². The minimum atomic E-state index is 0.0667. The first-order valence-corrected chi connectivity index (χ1v) is 9.44. The fourth-order valence-corrected chi connectivity index (χ4v) is 4.14. The van der Waals surface area contributed by atoms with Gasteiger partial charge >= 0.3 is 0 Å². The summed E-state index contributed by atoms with van der Waals surface area (Å²) in [5, 5.41) is 0. The van der Waals surface area contributed by atoms with Crippen LogP contribution < -0.4 is 10.5 Å². The van der Waals surface area contributed by atoms with Crippen molar-refractivity contribution in [2.75, 3.05) is 26.8 Å². The summed E-state index contributed by atoms with van der Waals surface area (Å²) in [5.41, 5.74) is 6.99. The van der Waals surface area contributed by atoms with Crippen molar-refractivity contribution in [3.8, 4) is 5.75 Å². The Hall–Kier alpha value is -1.59. The van der Waals surface area contributed by atoms with Gasteiger partial charge in [0.05, 0.1) is 13.2 Å². The fourth-order valence-electron chi connectivity index (χ4n) is 4.14. The number of methoxy groups -OCH3 is 1. The predicted octanol–water partition coefficient (Wildman–Crippen LogP) is 2.58. The van der Waals surface area contributed by atoms with E-state index in [0.717, 1.165) is 50.0 Å². The average molecular weight is 346 g/mol. The first-order chi connectivity index (χ1) is 12.2. The SMILES string of the molecule is COc1cccc(CN(CC2CCCO2)C(=O)[C@@H]2CCC[C@@H]2CN)c1. The summed E-state index contributed by atoms with van der Waals surface area (Å²) in [6, 6.07) is 7.95. The number of carbonyl (C=O) groups is 1. The lowest BCUT2D eigenvalue weighted by Gasteiger charge is -2.30. The summed E-state index contributed by atoms with van der Waals surface area (Å²) in [4.78, 5) is 15.2. The molecule has 1 aliphatic heterocycles. The molecule has 3 atom stereocenters. The summed E-state index contributed by atoms with van der Waals surface area (Å²) in [5.74, 6) is 1.45. The van der Waals surface area contributed by atoms with Gasteiger partial charge in [-0.1, -0.05) is 18.6 Å². The second-order valence-electron chi connectivity index (χ2n) is 7.24. The van der Waals surface area contributed by atoms with Gasteiger partial charge in [0, 0.05) is 25.6 Å². The summed E-state index contributed by atoms with van der Waals surface area (Å²) < 4.78 is 11.1. The Morgan fingerprint density at radius 2 is 2.20 bits per heavy atom.